The molecule has 3 rings (SSSR count). The molecule has 0 atom stereocenters. The zero-order valence-corrected chi connectivity index (χ0v) is 12.2. The molecule has 0 saturated heterocycles. The van der Waals surface area contributed by atoms with Crippen molar-refractivity contribution in [1.82, 2.24) is 0 Å². The number of hydrogen-bond donors (Lipinski definition) is 1. The van der Waals surface area contributed by atoms with E-state index in [0.717, 1.165) is 5.56 Å². The molecule has 2 aromatic carbocycles. The van der Waals surface area contributed by atoms with Gasteiger partial charge in [-0.25, -0.2) is 4.79 Å². The maximum absolute atomic E-state index is 12.0. The van der Waals surface area contributed by atoms with E-state index in [1.165, 1.54) is 0 Å². The number of ether oxygens (including phenoxy) is 1. The van der Waals surface area contributed by atoms with Gasteiger partial charge in [0.2, 0.25) is 0 Å². The molecule has 0 aliphatic heterocycles. The van der Waals surface area contributed by atoms with Crippen LogP contribution >= 0.6 is 11.6 Å². The van der Waals surface area contributed by atoms with Gasteiger partial charge in [-0.05, 0) is 29.8 Å². The molecular formula is C17H16ClNO2. The SMILES string of the molecule is NC1(c2ccc(Cl)cc2)CC(OC(=O)c2ccccc2)C1. The second-order valence-electron chi connectivity index (χ2n) is 5.46. The van der Waals surface area contributed by atoms with E-state index in [1.807, 2.05) is 42.5 Å². The zero-order chi connectivity index (χ0) is 14.9. The third-order valence-corrected chi connectivity index (χ3v) is 4.14. The van der Waals surface area contributed by atoms with Crippen LogP contribution < -0.4 is 5.73 Å². The number of carbonyl (C=O) groups is 1. The summed E-state index contributed by atoms with van der Waals surface area (Å²) in [6, 6.07) is 16.5. The molecule has 1 aliphatic carbocycles. The molecule has 3 nitrogen and oxygen atoms in total. The molecule has 0 heterocycles. The van der Waals surface area contributed by atoms with Crippen LogP contribution in [0.25, 0.3) is 0 Å². The molecule has 0 unspecified atom stereocenters. The summed E-state index contributed by atoms with van der Waals surface area (Å²) in [5.74, 6) is -0.293. The molecule has 21 heavy (non-hydrogen) atoms. The smallest absolute Gasteiger partial charge is 0.338 e. The Balaban J connectivity index is 1.60. The molecule has 108 valence electrons. The van der Waals surface area contributed by atoms with E-state index in [-0.39, 0.29) is 12.1 Å². The van der Waals surface area contributed by atoms with Gasteiger partial charge in [0.05, 0.1) is 5.56 Å². The van der Waals surface area contributed by atoms with Crippen LogP contribution in [-0.4, -0.2) is 12.1 Å². The summed E-state index contributed by atoms with van der Waals surface area (Å²) >= 11 is 5.88. The number of benzene rings is 2. The number of rotatable bonds is 3. The van der Waals surface area contributed by atoms with E-state index in [9.17, 15) is 4.79 Å². The minimum absolute atomic E-state index is 0.126. The molecule has 1 saturated carbocycles. The van der Waals surface area contributed by atoms with Crippen molar-refractivity contribution < 1.29 is 9.53 Å². The molecule has 2 N–H and O–H groups in total. The molecule has 0 aromatic heterocycles. The van der Waals surface area contributed by atoms with Crippen LogP contribution in [0.5, 0.6) is 0 Å². The Kier molecular flexibility index (Phi) is 3.70. The Morgan fingerprint density at radius 3 is 2.33 bits per heavy atom. The quantitative estimate of drug-likeness (QED) is 0.883. The summed E-state index contributed by atoms with van der Waals surface area (Å²) in [5, 5.41) is 0.689. The second kappa shape index (κ2) is 5.51. The van der Waals surface area contributed by atoms with Gasteiger partial charge in [-0.1, -0.05) is 41.9 Å². The van der Waals surface area contributed by atoms with Gasteiger partial charge in [0, 0.05) is 23.4 Å². The van der Waals surface area contributed by atoms with Gasteiger partial charge >= 0.3 is 5.97 Å². The zero-order valence-electron chi connectivity index (χ0n) is 11.5. The van der Waals surface area contributed by atoms with E-state index < -0.39 is 5.54 Å². The molecule has 2 aromatic rings. The Labute approximate surface area is 128 Å². The van der Waals surface area contributed by atoms with Crippen LogP contribution in [0.1, 0.15) is 28.8 Å². The molecule has 0 radical (unpaired) electrons. The van der Waals surface area contributed by atoms with Crippen LogP contribution in [0, 0.1) is 0 Å². The number of esters is 1. The maximum atomic E-state index is 12.0. The fourth-order valence-corrected chi connectivity index (χ4v) is 2.77. The molecule has 1 fully saturated rings. The van der Waals surface area contributed by atoms with Crippen molar-refractivity contribution in [3.63, 3.8) is 0 Å². The predicted molar refractivity (Wildman–Crippen MR) is 82.2 cm³/mol. The van der Waals surface area contributed by atoms with Crippen molar-refractivity contribution >= 4 is 17.6 Å². The number of nitrogens with two attached hydrogens (primary N) is 1. The van der Waals surface area contributed by atoms with Crippen molar-refractivity contribution in [3.05, 3.63) is 70.7 Å². The van der Waals surface area contributed by atoms with Crippen LogP contribution in [0.15, 0.2) is 54.6 Å². The first-order chi connectivity index (χ1) is 10.1. The summed E-state index contributed by atoms with van der Waals surface area (Å²) < 4.78 is 5.47. The highest BCUT2D eigenvalue weighted by Crippen LogP contribution is 2.41. The number of halogens is 1. The molecule has 4 heteroatoms. The van der Waals surface area contributed by atoms with Crippen molar-refractivity contribution in [1.29, 1.82) is 0 Å². The van der Waals surface area contributed by atoms with Gasteiger partial charge in [-0.3, -0.25) is 0 Å². The minimum atomic E-state index is -0.424. The highest BCUT2D eigenvalue weighted by atomic mass is 35.5. The minimum Gasteiger partial charge on any atom is -0.459 e. The largest absolute Gasteiger partial charge is 0.459 e. The Bertz CT molecular complexity index is 634. The first-order valence-electron chi connectivity index (χ1n) is 6.88. The van der Waals surface area contributed by atoms with Crippen molar-refractivity contribution in [2.24, 2.45) is 5.73 Å². The fraction of sp³-hybridized carbons (Fsp3) is 0.235. The Morgan fingerprint density at radius 1 is 1.10 bits per heavy atom. The molecule has 0 bridgehead atoms. The van der Waals surface area contributed by atoms with E-state index in [1.54, 1.807) is 12.1 Å². The summed E-state index contributed by atoms with van der Waals surface area (Å²) in [6.45, 7) is 0. The van der Waals surface area contributed by atoms with Crippen LogP contribution in [0.2, 0.25) is 5.02 Å². The normalized spacial score (nSPS) is 24.2. The second-order valence-corrected chi connectivity index (χ2v) is 5.90. The predicted octanol–water partition coefficient (Wildman–Crippen LogP) is 3.51. The van der Waals surface area contributed by atoms with Crippen molar-refractivity contribution in [2.75, 3.05) is 0 Å². The van der Waals surface area contributed by atoms with Crippen LogP contribution in [-0.2, 0) is 10.3 Å². The van der Waals surface area contributed by atoms with Crippen LogP contribution in [0.4, 0.5) is 0 Å². The summed E-state index contributed by atoms with van der Waals surface area (Å²) in [5.41, 5.74) is 7.52. The lowest BCUT2D eigenvalue weighted by Gasteiger charge is -2.44. The average molecular weight is 302 g/mol. The van der Waals surface area contributed by atoms with Gasteiger partial charge < -0.3 is 10.5 Å². The monoisotopic (exact) mass is 301 g/mol. The highest BCUT2D eigenvalue weighted by Gasteiger charge is 2.44. The van der Waals surface area contributed by atoms with Gasteiger partial charge in [-0.15, -0.1) is 0 Å². The average Bonchev–Trinajstić information content (AvgIpc) is 2.47. The van der Waals surface area contributed by atoms with E-state index in [2.05, 4.69) is 0 Å². The van der Waals surface area contributed by atoms with Gasteiger partial charge in [-0.2, -0.15) is 0 Å². The lowest BCUT2D eigenvalue weighted by atomic mass is 9.70. The molecular weight excluding hydrogens is 286 g/mol. The number of hydrogen-bond acceptors (Lipinski definition) is 3. The van der Waals surface area contributed by atoms with Crippen molar-refractivity contribution in [2.45, 2.75) is 24.5 Å². The standard InChI is InChI=1S/C17H16ClNO2/c18-14-8-6-13(7-9-14)17(19)10-15(11-17)21-16(20)12-4-2-1-3-5-12/h1-9,15H,10-11,19H2. The van der Waals surface area contributed by atoms with Gasteiger partial charge in [0.15, 0.2) is 0 Å². The highest BCUT2D eigenvalue weighted by molar-refractivity contribution is 6.30. The summed E-state index contributed by atoms with van der Waals surface area (Å²) in [6.07, 6.45) is 1.14. The third-order valence-electron chi connectivity index (χ3n) is 3.89. The maximum Gasteiger partial charge on any atom is 0.338 e. The topological polar surface area (TPSA) is 52.3 Å². The van der Waals surface area contributed by atoms with E-state index in [4.69, 9.17) is 22.1 Å². The lowest BCUT2D eigenvalue weighted by Crippen LogP contribution is -2.53. The van der Waals surface area contributed by atoms with Gasteiger partial charge in [0.25, 0.3) is 0 Å². The Morgan fingerprint density at radius 2 is 1.71 bits per heavy atom. The molecule has 1 aliphatic rings. The lowest BCUT2D eigenvalue weighted by molar-refractivity contribution is -0.0216. The Hall–Kier alpha value is -1.84. The van der Waals surface area contributed by atoms with E-state index >= 15 is 0 Å². The van der Waals surface area contributed by atoms with E-state index in [0.29, 0.717) is 23.4 Å². The van der Waals surface area contributed by atoms with Crippen molar-refractivity contribution in [3.8, 4) is 0 Å². The first kappa shape index (κ1) is 14.1. The summed E-state index contributed by atoms with van der Waals surface area (Å²) in [7, 11) is 0. The van der Waals surface area contributed by atoms with Gasteiger partial charge in [0.1, 0.15) is 6.10 Å². The first-order valence-corrected chi connectivity index (χ1v) is 7.26. The summed E-state index contributed by atoms with van der Waals surface area (Å²) in [4.78, 5) is 12.0. The fourth-order valence-electron chi connectivity index (χ4n) is 2.65. The molecule has 0 spiro atoms. The number of carbonyl (C=O) groups excluding carboxylic acids is 1. The third kappa shape index (κ3) is 2.94. The molecule has 0 amide bonds. The van der Waals surface area contributed by atoms with Crippen LogP contribution in [0.3, 0.4) is 0 Å².